The molecule has 2 aliphatic rings. The number of nitrogens with one attached hydrogen (secondary N) is 2. The van der Waals surface area contributed by atoms with E-state index in [1.54, 1.807) is 36.3 Å². The van der Waals surface area contributed by atoms with E-state index < -0.39 is 0 Å². The zero-order valence-electron chi connectivity index (χ0n) is 16.3. The second-order valence-corrected chi connectivity index (χ2v) is 7.48. The van der Waals surface area contributed by atoms with Crippen molar-refractivity contribution < 1.29 is 0 Å². The quantitative estimate of drug-likeness (QED) is 0.865. The second-order valence-electron chi connectivity index (χ2n) is 7.48. The number of benzene rings is 1. The molecule has 0 bridgehead atoms. The standard InChI is InChI=1S/C22H25N5O/c1-24-13-17-11-18(4-5-20(17)23)27-14-25-21-6-3-16(12-19(21)22(27)28)15-7-9-26(2)10-8-15/h3-6,11-15,23-24H,7-10H2,1-2H3/b17-13-,23-20?. The van der Waals surface area contributed by atoms with Crippen molar-refractivity contribution >= 4 is 22.3 Å². The highest BCUT2D eigenvalue weighted by atomic mass is 16.1. The summed E-state index contributed by atoms with van der Waals surface area (Å²) < 4.78 is 1.56. The molecule has 4 rings (SSSR count). The molecule has 1 aromatic carbocycles. The van der Waals surface area contributed by atoms with Gasteiger partial charge in [-0.3, -0.25) is 9.36 Å². The minimum Gasteiger partial charge on any atom is -0.393 e. The highest BCUT2D eigenvalue weighted by Crippen LogP contribution is 2.29. The van der Waals surface area contributed by atoms with Gasteiger partial charge in [-0.2, -0.15) is 0 Å². The molecule has 0 amide bonds. The fraction of sp³-hybridized carbons (Fsp3) is 0.318. The summed E-state index contributed by atoms with van der Waals surface area (Å²) >= 11 is 0. The van der Waals surface area contributed by atoms with Crippen LogP contribution >= 0.6 is 0 Å². The minimum absolute atomic E-state index is 0.0760. The van der Waals surface area contributed by atoms with Gasteiger partial charge in [0.2, 0.25) is 0 Å². The van der Waals surface area contributed by atoms with Gasteiger partial charge in [0.15, 0.2) is 0 Å². The second kappa shape index (κ2) is 7.56. The maximum absolute atomic E-state index is 13.2. The van der Waals surface area contributed by atoms with Crippen molar-refractivity contribution in [3.05, 3.63) is 70.4 Å². The Kier molecular flexibility index (Phi) is 4.96. The molecule has 1 aliphatic heterocycles. The van der Waals surface area contributed by atoms with Gasteiger partial charge >= 0.3 is 0 Å². The van der Waals surface area contributed by atoms with Crippen LogP contribution in [0.4, 0.5) is 0 Å². The van der Waals surface area contributed by atoms with Crippen LogP contribution in [0, 0.1) is 5.41 Å². The zero-order chi connectivity index (χ0) is 19.7. The lowest BCUT2D eigenvalue weighted by atomic mass is 9.89. The Labute approximate surface area is 164 Å². The van der Waals surface area contributed by atoms with E-state index in [0.717, 1.165) is 37.0 Å². The van der Waals surface area contributed by atoms with Crippen LogP contribution in [0.25, 0.3) is 16.6 Å². The molecule has 0 unspecified atom stereocenters. The van der Waals surface area contributed by atoms with E-state index in [9.17, 15) is 4.79 Å². The highest BCUT2D eigenvalue weighted by molar-refractivity contribution is 6.11. The fourth-order valence-electron chi connectivity index (χ4n) is 3.89. The maximum Gasteiger partial charge on any atom is 0.265 e. The van der Waals surface area contributed by atoms with Crippen molar-refractivity contribution in [3.8, 4) is 0 Å². The third kappa shape index (κ3) is 3.43. The monoisotopic (exact) mass is 375 g/mol. The van der Waals surface area contributed by atoms with Crippen molar-refractivity contribution in [2.24, 2.45) is 0 Å². The third-order valence-electron chi connectivity index (χ3n) is 5.59. The molecular formula is C22H25N5O. The van der Waals surface area contributed by atoms with E-state index in [4.69, 9.17) is 5.41 Å². The SMILES string of the molecule is CN/C=C1/C=C(n2cnc3ccc(C4CCN(C)CC4)cc3c2=O)C=CC1=N. The number of hydrogen-bond donors (Lipinski definition) is 2. The highest BCUT2D eigenvalue weighted by Gasteiger charge is 2.19. The van der Waals surface area contributed by atoms with Crippen LogP contribution in [0.3, 0.4) is 0 Å². The first kappa shape index (κ1) is 18.4. The molecule has 6 nitrogen and oxygen atoms in total. The Balaban J connectivity index is 1.75. The average molecular weight is 375 g/mol. The van der Waals surface area contributed by atoms with Crippen LogP contribution in [0.5, 0.6) is 0 Å². The van der Waals surface area contributed by atoms with E-state index >= 15 is 0 Å². The largest absolute Gasteiger partial charge is 0.393 e. The first-order chi connectivity index (χ1) is 13.6. The first-order valence-corrected chi connectivity index (χ1v) is 9.63. The molecule has 2 N–H and O–H groups in total. The summed E-state index contributed by atoms with van der Waals surface area (Å²) in [5.74, 6) is 0.494. The van der Waals surface area contributed by atoms with Gasteiger partial charge in [-0.15, -0.1) is 0 Å². The lowest BCUT2D eigenvalue weighted by molar-refractivity contribution is 0.255. The van der Waals surface area contributed by atoms with E-state index in [1.165, 1.54) is 5.56 Å². The summed E-state index contributed by atoms with van der Waals surface area (Å²) in [5, 5.41) is 11.6. The van der Waals surface area contributed by atoms with E-state index in [1.807, 2.05) is 18.2 Å². The van der Waals surface area contributed by atoms with Gasteiger partial charge in [-0.25, -0.2) is 4.98 Å². The van der Waals surface area contributed by atoms with Crippen LogP contribution in [0.2, 0.25) is 0 Å². The summed E-state index contributed by atoms with van der Waals surface area (Å²) in [5.41, 5.74) is 3.71. The molecule has 2 aromatic rings. The van der Waals surface area contributed by atoms with Crippen LogP contribution < -0.4 is 10.9 Å². The molecule has 0 atom stereocenters. The van der Waals surface area contributed by atoms with Gasteiger partial charge in [0.1, 0.15) is 6.33 Å². The smallest absolute Gasteiger partial charge is 0.265 e. The molecule has 1 aliphatic carbocycles. The molecule has 1 fully saturated rings. The Morgan fingerprint density at radius 3 is 2.79 bits per heavy atom. The van der Waals surface area contributed by atoms with Gasteiger partial charge in [0.05, 0.1) is 22.3 Å². The number of allylic oxidation sites excluding steroid dienone is 5. The minimum atomic E-state index is -0.0760. The average Bonchev–Trinajstić information content (AvgIpc) is 2.71. The number of piperidine rings is 1. The molecule has 0 saturated carbocycles. The predicted molar refractivity (Wildman–Crippen MR) is 114 cm³/mol. The van der Waals surface area contributed by atoms with Gasteiger partial charge in [-0.05, 0) is 74.8 Å². The maximum atomic E-state index is 13.2. The summed E-state index contributed by atoms with van der Waals surface area (Å²) in [7, 11) is 3.95. The van der Waals surface area contributed by atoms with E-state index in [-0.39, 0.29) is 5.56 Å². The summed E-state index contributed by atoms with van der Waals surface area (Å²) in [6.45, 7) is 2.17. The number of hydrogen-bond acceptors (Lipinski definition) is 5. The molecule has 0 spiro atoms. The van der Waals surface area contributed by atoms with E-state index in [2.05, 4.69) is 28.3 Å². The normalized spacial score (nSPS) is 20.0. The van der Waals surface area contributed by atoms with Crippen LogP contribution in [-0.2, 0) is 0 Å². The fourth-order valence-corrected chi connectivity index (χ4v) is 3.89. The molecule has 1 aromatic heterocycles. The van der Waals surface area contributed by atoms with Crippen LogP contribution in [-0.4, -0.2) is 47.3 Å². The lowest BCUT2D eigenvalue weighted by Crippen LogP contribution is -2.29. The van der Waals surface area contributed by atoms with Crippen molar-refractivity contribution in [1.29, 1.82) is 5.41 Å². The topological polar surface area (TPSA) is 74.0 Å². The number of likely N-dealkylation sites (tertiary alicyclic amines) is 1. The Hall–Kier alpha value is -2.99. The molecule has 2 heterocycles. The molecule has 1 saturated heterocycles. The lowest BCUT2D eigenvalue weighted by Gasteiger charge is -2.29. The number of aromatic nitrogens is 2. The van der Waals surface area contributed by atoms with Gasteiger partial charge in [0, 0.05) is 18.8 Å². The van der Waals surface area contributed by atoms with Crippen molar-refractivity contribution in [2.45, 2.75) is 18.8 Å². The molecule has 144 valence electrons. The first-order valence-electron chi connectivity index (χ1n) is 9.63. The Morgan fingerprint density at radius 2 is 2.04 bits per heavy atom. The summed E-state index contributed by atoms with van der Waals surface area (Å²) in [6.07, 6.45) is 10.9. The molecular weight excluding hydrogens is 350 g/mol. The third-order valence-corrected chi connectivity index (χ3v) is 5.59. The molecule has 0 radical (unpaired) electrons. The van der Waals surface area contributed by atoms with Crippen LogP contribution in [0.15, 0.2) is 59.3 Å². The predicted octanol–water partition coefficient (Wildman–Crippen LogP) is 2.74. The van der Waals surface area contributed by atoms with Crippen molar-refractivity contribution in [1.82, 2.24) is 19.8 Å². The van der Waals surface area contributed by atoms with Crippen LogP contribution in [0.1, 0.15) is 24.3 Å². The van der Waals surface area contributed by atoms with Gasteiger partial charge < -0.3 is 15.6 Å². The number of fused-ring (bicyclic) bond motifs is 1. The van der Waals surface area contributed by atoms with Gasteiger partial charge in [-0.1, -0.05) is 6.07 Å². The summed E-state index contributed by atoms with van der Waals surface area (Å²) in [6, 6.07) is 6.10. The molecule has 28 heavy (non-hydrogen) atoms. The number of nitrogens with zero attached hydrogens (tertiary/aromatic N) is 3. The molecule has 6 heteroatoms. The summed E-state index contributed by atoms with van der Waals surface area (Å²) in [4.78, 5) is 20.1. The Morgan fingerprint density at radius 1 is 1.25 bits per heavy atom. The van der Waals surface area contributed by atoms with Gasteiger partial charge in [0.25, 0.3) is 5.56 Å². The van der Waals surface area contributed by atoms with Crippen molar-refractivity contribution in [3.63, 3.8) is 0 Å². The number of rotatable bonds is 3. The van der Waals surface area contributed by atoms with E-state index in [0.29, 0.717) is 22.7 Å². The Bertz CT molecular complexity index is 1070. The zero-order valence-corrected chi connectivity index (χ0v) is 16.3. The van der Waals surface area contributed by atoms with Crippen molar-refractivity contribution in [2.75, 3.05) is 27.2 Å².